The predicted octanol–water partition coefficient (Wildman–Crippen LogP) is -0.211. The lowest BCUT2D eigenvalue weighted by Crippen LogP contribution is -2.39. The van der Waals surface area contributed by atoms with E-state index in [4.69, 9.17) is 27.3 Å². The SMILES string of the molecule is CC(=O)OC1O[C@H]([C@H]2COS(=O)O2)[C@@H]2OC(C)(C)O[C@H]12. The molecule has 0 spiro atoms. The maximum Gasteiger partial charge on any atom is 0.305 e. The molecule has 2 unspecified atom stereocenters. The number of carbonyl (C=O) groups excluding carboxylic acids is 1. The topological polar surface area (TPSA) is 89.5 Å². The van der Waals surface area contributed by atoms with E-state index in [1.807, 2.05) is 0 Å². The van der Waals surface area contributed by atoms with Gasteiger partial charge in [0.2, 0.25) is 6.29 Å². The summed E-state index contributed by atoms with van der Waals surface area (Å²) < 4.78 is 43.3. The van der Waals surface area contributed by atoms with Crippen LogP contribution in [0, 0.1) is 0 Å². The van der Waals surface area contributed by atoms with Crippen LogP contribution in [0.4, 0.5) is 0 Å². The van der Waals surface area contributed by atoms with Crippen molar-refractivity contribution in [2.45, 2.75) is 57.3 Å². The first-order valence-corrected chi connectivity index (χ1v) is 7.26. The number of esters is 1. The van der Waals surface area contributed by atoms with E-state index < -0.39 is 53.8 Å². The summed E-state index contributed by atoms with van der Waals surface area (Å²) in [6.07, 6.45) is -3.02. The van der Waals surface area contributed by atoms with Crippen molar-refractivity contribution < 1.29 is 36.3 Å². The Labute approximate surface area is 118 Å². The molecule has 0 aromatic heterocycles. The largest absolute Gasteiger partial charge is 0.433 e. The van der Waals surface area contributed by atoms with Crippen molar-refractivity contribution in [3.8, 4) is 0 Å². The summed E-state index contributed by atoms with van der Waals surface area (Å²) in [5.41, 5.74) is 0. The van der Waals surface area contributed by atoms with E-state index >= 15 is 0 Å². The van der Waals surface area contributed by atoms with Crippen molar-refractivity contribution in [2.75, 3.05) is 6.61 Å². The van der Waals surface area contributed by atoms with Crippen LogP contribution in [0.5, 0.6) is 0 Å². The van der Waals surface area contributed by atoms with Crippen molar-refractivity contribution in [1.29, 1.82) is 0 Å². The van der Waals surface area contributed by atoms with E-state index in [9.17, 15) is 9.00 Å². The molecule has 0 aliphatic carbocycles. The van der Waals surface area contributed by atoms with Gasteiger partial charge >= 0.3 is 17.3 Å². The second-order valence-electron chi connectivity index (χ2n) is 5.27. The zero-order chi connectivity index (χ0) is 14.5. The maximum absolute atomic E-state index is 11.1. The monoisotopic (exact) mass is 308 g/mol. The van der Waals surface area contributed by atoms with Crippen molar-refractivity contribution in [1.82, 2.24) is 0 Å². The molecule has 3 saturated heterocycles. The first-order valence-electron chi connectivity index (χ1n) is 6.26. The third-order valence-corrected chi connectivity index (χ3v) is 3.96. The van der Waals surface area contributed by atoms with Crippen LogP contribution in [0.2, 0.25) is 0 Å². The van der Waals surface area contributed by atoms with Crippen LogP contribution < -0.4 is 0 Å². The van der Waals surface area contributed by atoms with Crippen molar-refractivity contribution >= 4 is 17.3 Å². The fraction of sp³-hybridized carbons (Fsp3) is 0.909. The molecule has 9 heteroatoms. The Balaban J connectivity index is 1.78. The summed E-state index contributed by atoms with van der Waals surface area (Å²) in [5.74, 6) is -1.29. The quantitative estimate of drug-likeness (QED) is 0.647. The summed E-state index contributed by atoms with van der Waals surface area (Å²) in [6, 6.07) is 0. The number of fused-ring (bicyclic) bond motifs is 1. The summed E-state index contributed by atoms with van der Waals surface area (Å²) >= 11 is -1.78. The minimum Gasteiger partial charge on any atom is -0.433 e. The molecular formula is C11H16O8S. The van der Waals surface area contributed by atoms with Crippen LogP contribution in [-0.4, -0.2) is 53.3 Å². The van der Waals surface area contributed by atoms with Gasteiger partial charge in [0.25, 0.3) is 0 Å². The molecule has 0 bridgehead atoms. The molecule has 3 heterocycles. The number of ether oxygens (including phenoxy) is 4. The Bertz CT molecular complexity index is 438. The number of carbonyl (C=O) groups is 1. The van der Waals surface area contributed by atoms with E-state index in [1.54, 1.807) is 13.8 Å². The van der Waals surface area contributed by atoms with Crippen LogP contribution >= 0.6 is 0 Å². The van der Waals surface area contributed by atoms with Gasteiger partial charge in [-0.15, -0.1) is 0 Å². The average Bonchev–Trinajstić information content (AvgIpc) is 2.94. The first kappa shape index (κ1) is 14.4. The standard InChI is InChI=1S/C11H16O8S/c1-5(12)15-10-9-8(17-11(2,3)18-9)7(16-10)6-4-14-20(13)19-6/h6-10H,4H2,1-3H3/t6-,7-,8+,9+,10?,20?/m1/s1. The number of hydrogen-bond donors (Lipinski definition) is 0. The van der Waals surface area contributed by atoms with Gasteiger partial charge in [0.15, 0.2) is 11.9 Å². The molecule has 0 amide bonds. The van der Waals surface area contributed by atoms with Gasteiger partial charge in [-0.3, -0.25) is 13.2 Å². The Morgan fingerprint density at radius 1 is 1.25 bits per heavy atom. The van der Waals surface area contributed by atoms with E-state index in [-0.39, 0.29) is 6.61 Å². The fourth-order valence-electron chi connectivity index (χ4n) is 2.58. The van der Waals surface area contributed by atoms with Crippen LogP contribution in [-0.2, 0) is 43.5 Å². The highest BCUT2D eigenvalue weighted by molar-refractivity contribution is 7.75. The summed E-state index contributed by atoms with van der Waals surface area (Å²) in [4.78, 5) is 11.1. The van der Waals surface area contributed by atoms with Crippen LogP contribution in [0.1, 0.15) is 20.8 Å². The molecule has 114 valence electrons. The Morgan fingerprint density at radius 2 is 1.95 bits per heavy atom. The Hall–Kier alpha value is -0.580. The maximum atomic E-state index is 11.1. The van der Waals surface area contributed by atoms with Gasteiger partial charge in [-0.2, -0.15) is 4.21 Å². The Morgan fingerprint density at radius 3 is 2.55 bits per heavy atom. The molecule has 0 aromatic carbocycles. The molecular weight excluding hydrogens is 292 g/mol. The average molecular weight is 308 g/mol. The van der Waals surface area contributed by atoms with E-state index in [0.717, 1.165) is 0 Å². The summed E-state index contributed by atoms with van der Waals surface area (Å²) in [5, 5.41) is 0. The second kappa shape index (κ2) is 5.00. The lowest BCUT2D eigenvalue weighted by Gasteiger charge is -2.25. The first-order chi connectivity index (χ1) is 9.35. The van der Waals surface area contributed by atoms with Crippen LogP contribution in [0.25, 0.3) is 0 Å². The zero-order valence-electron chi connectivity index (χ0n) is 11.3. The highest BCUT2D eigenvalue weighted by Crippen LogP contribution is 2.41. The van der Waals surface area contributed by atoms with Crippen molar-refractivity contribution in [3.63, 3.8) is 0 Å². The lowest BCUT2D eigenvalue weighted by atomic mass is 10.1. The normalized spacial score (nSPS) is 46.4. The summed E-state index contributed by atoms with van der Waals surface area (Å²) in [7, 11) is 0. The van der Waals surface area contributed by atoms with E-state index in [1.165, 1.54) is 6.92 Å². The molecule has 20 heavy (non-hydrogen) atoms. The fourth-order valence-corrected chi connectivity index (χ4v) is 3.25. The third kappa shape index (κ3) is 2.61. The third-order valence-electron chi connectivity index (χ3n) is 3.23. The van der Waals surface area contributed by atoms with Crippen molar-refractivity contribution in [3.05, 3.63) is 0 Å². The van der Waals surface area contributed by atoms with Gasteiger partial charge in [-0.25, -0.2) is 0 Å². The molecule has 3 fully saturated rings. The van der Waals surface area contributed by atoms with Crippen LogP contribution in [0.3, 0.4) is 0 Å². The molecule has 0 saturated carbocycles. The predicted molar refractivity (Wildman–Crippen MR) is 63.2 cm³/mol. The van der Waals surface area contributed by atoms with Crippen molar-refractivity contribution in [2.24, 2.45) is 0 Å². The smallest absolute Gasteiger partial charge is 0.305 e. The molecule has 0 aromatic rings. The molecule has 0 N–H and O–H groups in total. The molecule has 8 nitrogen and oxygen atoms in total. The lowest BCUT2D eigenvalue weighted by molar-refractivity contribution is -0.237. The van der Waals surface area contributed by atoms with E-state index in [0.29, 0.717) is 0 Å². The van der Waals surface area contributed by atoms with Gasteiger partial charge < -0.3 is 18.9 Å². The van der Waals surface area contributed by atoms with Gasteiger partial charge in [0.1, 0.15) is 18.3 Å². The minimum absolute atomic E-state index is 0.122. The van der Waals surface area contributed by atoms with Gasteiger partial charge in [0.05, 0.1) is 6.61 Å². The Kier molecular flexibility index (Phi) is 3.59. The van der Waals surface area contributed by atoms with E-state index in [2.05, 4.69) is 0 Å². The zero-order valence-corrected chi connectivity index (χ0v) is 12.1. The number of rotatable bonds is 2. The number of hydrogen-bond acceptors (Lipinski definition) is 8. The molecule has 3 rings (SSSR count). The molecule has 0 radical (unpaired) electrons. The van der Waals surface area contributed by atoms with Gasteiger partial charge in [-0.1, -0.05) is 0 Å². The highest BCUT2D eigenvalue weighted by Gasteiger charge is 2.59. The van der Waals surface area contributed by atoms with Gasteiger partial charge in [-0.05, 0) is 13.8 Å². The minimum atomic E-state index is -1.78. The molecule has 3 aliphatic rings. The highest BCUT2D eigenvalue weighted by atomic mass is 32.2. The van der Waals surface area contributed by atoms with Crippen LogP contribution in [0.15, 0.2) is 0 Å². The summed E-state index contributed by atoms with van der Waals surface area (Å²) in [6.45, 7) is 4.93. The van der Waals surface area contributed by atoms with Gasteiger partial charge in [0, 0.05) is 6.92 Å². The molecule has 3 aliphatic heterocycles. The second-order valence-corrected chi connectivity index (χ2v) is 6.10. The molecule has 6 atom stereocenters.